The Balaban J connectivity index is 2.73. The smallest absolute Gasteiger partial charge is 0.417 e. The second-order valence-corrected chi connectivity index (χ2v) is 4.63. The molecule has 0 aliphatic rings. The number of halogens is 2. The Morgan fingerprint density at radius 3 is 2.70 bits per heavy atom. The van der Waals surface area contributed by atoms with Crippen LogP contribution in [0.1, 0.15) is 10.4 Å². The van der Waals surface area contributed by atoms with Gasteiger partial charge >= 0.3 is 6.09 Å². The van der Waals surface area contributed by atoms with Gasteiger partial charge in [0.25, 0.3) is 5.69 Å². The molecular weight excluding hydrogens is 333 g/mol. The van der Waals surface area contributed by atoms with Gasteiger partial charge in [0.2, 0.25) is 0 Å². The normalized spacial score (nSPS) is 10.2. The van der Waals surface area contributed by atoms with E-state index < -0.39 is 28.3 Å². The number of anilines is 2. The van der Waals surface area contributed by atoms with Gasteiger partial charge in [-0.1, -0.05) is 11.6 Å². The maximum Gasteiger partial charge on any atom is 0.417 e. The molecule has 8 nitrogen and oxygen atoms in total. The summed E-state index contributed by atoms with van der Waals surface area (Å²) in [6.45, 7) is 0. The molecule has 1 aromatic carbocycles. The molecule has 0 spiro atoms. The largest absolute Gasteiger partial charge is 0.464 e. The van der Waals surface area contributed by atoms with Gasteiger partial charge in [-0.15, -0.1) is 0 Å². The van der Waals surface area contributed by atoms with E-state index in [0.717, 1.165) is 18.2 Å². The number of carboxylic acid groups (broad SMARTS) is 1. The number of aldehydes is 1. The van der Waals surface area contributed by atoms with Crippen molar-refractivity contribution in [3.63, 3.8) is 0 Å². The Morgan fingerprint density at radius 1 is 1.43 bits per heavy atom. The highest BCUT2D eigenvalue weighted by Gasteiger charge is 2.29. The number of nitro benzene ring substituents is 1. The third-order valence-electron chi connectivity index (χ3n) is 2.77. The number of nitrogens with zero attached hydrogens (tertiary/aromatic N) is 3. The highest BCUT2D eigenvalue weighted by Crippen LogP contribution is 2.36. The van der Waals surface area contributed by atoms with Crippen molar-refractivity contribution >= 4 is 41.2 Å². The van der Waals surface area contributed by atoms with Crippen molar-refractivity contribution in [1.29, 1.82) is 0 Å². The number of hydrogen-bond acceptors (Lipinski definition) is 5. The van der Waals surface area contributed by atoms with Gasteiger partial charge in [0, 0.05) is 11.1 Å². The van der Waals surface area contributed by atoms with Crippen molar-refractivity contribution in [2.75, 3.05) is 4.90 Å². The monoisotopic (exact) mass is 339 g/mol. The Bertz CT molecular complexity index is 814. The highest BCUT2D eigenvalue weighted by atomic mass is 35.5. The van der Waals surface area contributed by atoms with Crippen LogP contribution in [0.3, 0.4) is 0 Å². The molecule has 23 heavy (non-hydrogen) atoms. The van der Waals surface area contributed by atoms with Crippen molar-refractivity contribution in [3.05, 3.63) is 57.0 Å². The first-order valence-electron chi connectivity index (χ1n) is 5.93. The van der Waals surface area contributed by atoms with E-state index in [1.807, 2.05) is 0 Å². The first-order valence-corrected chi connectivity index (χ1v) is 6.30. The molecule has 118 valence electrons. The Hall–Kier alpha value is -3.07. The molecule has 0 atom stereocenters. The number of aromatic nitrogens is 1. The maximum atomic E-state index is 13.1. The van der Waals surface area contributed by atoms with Gasteiger partial charge in [-0.25, -0.2) is 19.1 Å². The van der Waals surface area contributed by atoms with E-state index >= 15 is 0 Å². The molecule has 0 unspecified atom stereocenters. The van der Waals surface area contributed by atoms with Crippen LogP contribution in [0.15, 0.2) is 30.5 Å². The molecule has 1 heterocycles. The predicted molar refractivity (Wildman–Crippen MR) is 77.9 cm³/mol. The molecule has 0 bridgehead atoms. The average Bonchev–Trinajstić information content (AvgIpc) is 2.49. The summed E-state index contributed by atoms with van der Waals surface area (Å²) in [5, 5.41) is 20.5. The first-order chi connectivity index (χ1) is 10.8. The molecule has 0 radical (unpaired) electrons. The van der Waals surface area contributed by atoms with Crippen LogP contribution in [0.25, 0.3) is 0 Å². The van der Waals surface area contributed by atoms with Crippen molar-refractivity contribution in [2.24, 2.45) is 0 Å². The van der Waals surface area contributed by atoms with Gasteiger partial charge in [-0.05, 0) is 18.2 Å². The summed E-state index contributed by atoms with van der Waals surface area (Å²) < 4.78 is 13.1. The molecule has 2 aromatic rings. The Kier molecular flexibility index (Phi) is 4.51. The summed E-state index contributed by atoms with van der Waals surface area (Å²) in [4.78, 5) is 36.8. The van der Waals surface area contributed by atoms with Gasteiger partial charge in [0.1, 0.15) is 11.5 Å². The number of hydrogen-bond donors (Lipinski definition) is 1. The number of nitro groups is 1. The second kappa shape index (κ2) is 6.36. The highest BCUT2D eigenvalue weighted by molar-refractivity contribution is 6.31. The van der Waals surface area contributed by atoms with Gasteiger partial charge < -0.3 is 5.11 Å². The molecule has 1 aromatic heterocycles. The van der Waals surface area contributed by atoms with Gasteiger partial charge in [-0.2, -0.15) is 0 Å². The summed E-state index contributed by atoms with van der Waals surface area (Å²) >= 11 is 5.68. The van der Waals surface area contributed by atoms with Crippen LogP contribution in [0.4, 0.5) is 26.4 Å². The van der Waals surface area contributed by atoms with Crippen LogP contribution < -0.4 is 4.90 Å². The fourth-order valence-electron chi connectivity index (χ4n) is 1.86. The number of carbonyl (C=O) groups excluding carboxylic acids is 1. The van der Waals surface area contributed by atoms with E-state index in [1.165, 1.54) is 6.07 Å². The number of rotatable bonds is 4. The fraction of sp³-hybridized carbons (Fsp3) is 0. The third kappa shape index (κ3) is 3.24. The van der Waals surface area contributed by atoms with Gasteiger partial charge in [0.15, 0.2) is 12.1 Å². The van der Waals surface area contributed by atoms with Crippen molar-refractivity contribution in [3.8, 4) is 0 Å². The molecule has 1 N–H and O–H groups in total. The molecular formula is C13H7ClFN3O5. The minimum Gasteiger partial charge on any atom is -0.464 e. The topological polar surface area (TPSA) is 114 Å². The first kappa shape index (κ1) is 16.3. The Labute approximate surface area is 132 Å². The van der Waals surface area contributed by atoms with E-state index in [-0.39, 0.29) is 22.6 Å². The summed E-state index contributed by atoms with van der Waals surface area (Å²) in [5.74, 6) is -1.31. The molecule has 0 aliphatic heterocycles. The lowest BCUT2D eigenvalue weighted by atomic mass is 10.2. The van der Waals surface area contributed by atoms with E-state index in [4.69, 9.17) is 11.6 Å². The lowest BCUT2D eigenvalue weighted by Gasteiger charge is -2.19. The molecule has 10 heteroatoms. The SMILES string of the molecule is O=Cc1cc(F)cnc1N(C(=O)O)c1ccc(Cl)cc1[N+](=O)[O-]. The number of pyridine rings is 1. The molecule has 0 aliphatic carbocycles. The van der Waals surface area contributed by atoms with Crippen LogP contribution in [0, 0.1) is 15.9 Å². The summed E-state index contributed by atoms with van der Waals surface area (Å²) in [5.41, 5.74) is -1.37. The third-order valence-corrected chi connectivity index (χ3v) is 3.00. The van der Waals surface area contributed by atoms with Crippen LogP contribution >= 0.6 is 11.6 Å². The number of benzene rings is 1. The maximum absolute atomic E-state index is 13.1. The molecule has 0 fully saturated rings. The van der Waals surface area contributed by atoms with Crippen LogP contribution in [-0.2, 0) is 0 Å². The quantitative estimate of drug-likeness (QED) is 0.518. The minimum atomic E-state index is -1.64. The summed E-state index contributed by atoms with van der Waals surface area (Å²) in [6.07, 6.45) is -0.749. The zero-order valence-electron chi connectivity index (χ0n) is 11.1. The van der Waals surface area contributed by atoms with Crippen molar-refractivity contribution in [1.82, 2.24) is 4.98 Å². The number of amides is 1. The van der Waals surface area contributed by atoms with Crippen LogP contribution in [0.5, 0.6) is 0 Å². The summed E-state index contributed by atoms with van der Waals surface area (Å²) in [7, 11) is 0. The van der Waals surface area contributed by atoms with E-state index in [9.17, 15) is 29.2 Å². The zero-order valence-corrected chi connectivity index (χ0v) is 11.9. The standard InChI is InChI=1S/C13H7ClFN3O5/c14-8-1-2-10(11(4-8)18(22)23)17(13(20)21)12-7(6-19)3-9(15)5-16-12/h1-6H,(H,20,21). The molecule has 1 amide bonds. The molecule has 0 saturated carbocycles. The lowest BCUT2D eigenvalue weighted by molar-refractivity contribution is -0.384. The average molecular weight is 340 g/mol. The predicted octanol–water partition coefficient (Wildman–Crippen LogP) is 3.41. The van der Waals surface area contributed by atoms with Crippen molar-refractivity contribution in [2.45, 2.75) is 0 Å². The lowest BCUT2D eigenvalue weighted by Crippen LogP contribution is -2.26. The minimum absolute atomic E-state index is 0.0217. The van der Waals surface area contributed by atoms with Crippen LogP contribution in [-0.4, -0.2) is 27.4 Å². The van der Waals surface area contributed by atoms with Crippen LogP contribution in [0.2, 0.25) is 5.02 Å². The van der Waals surface area contributed by atoms with Gasteiger partial charge in [-0.3, -0.25) is 14.9 Å². The Morgan fingerprint density at radius 2 is 2.13 bits per heavy atom. The number of carbonyl (C=O) groups is 2. The van der Waals surface area contributed by atoms with E-state index in [2.05, 4.69) is 4.98 Å². The fourth-order valence-corrected chi connectivity index (χ4v) is 2.03. The van der Waals surface area contributed by atoms with Crippen molar-refractivity contribution < 1.29 is 24.0 Å². The molecule has 2 rings (SSSR count). The summed E-state index contributed by atoms with van der Waals surface area (Å²) in [6, 6.07) is 4.06. The second-order valence-electron chi connectivity index (χ2n) is 4.19. The van der Waals surface area contributed by atoms with E-state index in [1.54, 1.807) is 0 Å². The van der Waals surface area contributed by atoms with Gasteiger partial charge in [0.05, 0.1) is 16.7 Å². The van der Waals surface area contributed by atoms with E-state index in [0.29, 0.717) is 11.1 Å². The molecule has 0 saturated heterocycles. The zero-order chi connectivity index (χ0) is 17.1.